The van der Waals surface area contributed by atoms with Crippen LogP contribution in [0.3, 0.4) is 0 Å². The highest BCUT2D eigenvalue weighted by Gasteiger charge is 2.19. The minimum absolute atomic E-state index is 0.246. The maximum absolute atomic E-state index is 5.37. The monoisotopic (exact) mass is 247 g/mol. The number of terminal acetylenes is 1. The molecule has 4 nitrogen and oxygen atoms in total. The highest BCUT2D eigenvalue weighted by molar-refractivity contribution is 5.55. The van der Waals surface area contributed by atoms with Crippen LogP contribution in [0.2, 0.25) is 0 Å². The third-order valence-corrected chi connectivity index (χ3v) is 2.80. The van der Waals surface area contributed by atoms with Crippen LogP contribution in [0.15, 0.2) is 12.1 Å². The van der Waals surface area contributed by atoms with E-state index in [-0.39, 0.29) is 12.8 Å². The Bertz CT molecular complexity index is 465. The first-order valence-corrected chi connectivity index (χ1v) is 5.88. The van der Waals surface area contributed by atoms with Gasteiger partial charge in [0, 0.05) is 19.0 Å². The lowest BCUT2D eigenvalue weighted by molar-refractivity contribution is 0.171. The lowest BCUT2D eigenvalue weighted by Crippen LogP contribution is -2.24. The van der Waals surface area contributed by atoms with Crippen LogP contribution < -0.4 is 19.5 Å². The summed E-state index contributed by atoms with van der Waals surface area (Å²) < 4.78 is 16.0. The average molecular weight is 247 g/mol. The summed E-state index contributed by atoms with van der Waals surface area (Å²) in [7, 11) is 1.62. The summed E-state index contributed by atoms with van der Waals surface area (Å²) in [6.07, 6.45) is 5.98. The minimum atomic E-state index is 0.246. The van der Waals surface area contributed by atoms with Gasteiger partial charge in [-0.15, -0.1) is 12.3 Å². The van der Waals surface area contributed by atoms with E-state index in [1.807, 2.05) is 12.1 Å². The van der Waals surface area contributed by atoms with E-state index < -0.39 is 0 Å². The number of rotatable bonds is 5. The quantitative estimate of drug-likeness (QED) is 0.807. The molecule has 0 spiro atoms. The molecule has 1 atom stereocenters. The molecule has 18 heavy (non-hydrogen) atoms. The van der Waals surface area contributed by atoms with Gasteiger partial charge < -0.3 is 19.5 Å². The molecule has 1 aliphatic heterocycles. The van der Waals surface area contributed by atoms with Crippen molar-refractivity contribution in [2.45, 2.75) is 25.9 Å². The summed E-state index contributed by atoms with van der Waals surface area (Å²) >= 11 is 0. The van der Waals surface area contributed by atoms with E-state index in [1.165, 1.54) is 0 Å². The number of methoxy groups -OCH3 is 1. The van der Waals surface area contributed by atoms with Crippen LogP contribution in [-0.4, -0.2) is 19.9 Å². The van der Waals surface area contributed by atoms with Gasteiger partial charge in [0.25, 0.3) is 0 Å². The van der Waals surface area contributed by atoms with E-state index >= 15 is 0 Å². The third kappa shape index (κ3) is 2.69. The van der Waals surface area contributed by atoms with Crippen molar-refractivity contribution < 1.29 is 14.2 Å². The maximum Gasteiger partial charge on any atom is 0.231 e. The highest BCUT2D eigenvalue weighted by Crippen LogP contribution is 2.41. The Hall–Kier alpha value is -1.86. The van der Waals surface area contributed by atoms with Crippen LogP contribution in [0.1, 0.15) is 18.9 Å². The number of benzene rings is 1. The first-order chi connectivity index (χ1) is 8.74. The highest BCUT2D eigenvalue weighted by atomic mass is 16.7. The first-order valence-electron chi connectivity index (χ1n) is 5.88. The van der Waals surface area contributed by atoms with Crippen molar-refractivity contribution >= 4 is 0 Å². The molecule has 0 amide bonds. The predicted molar refractivity (Wildman–Crippen MR) is 68.9 cm³/mol. The Balaban J connectivity index is 2.08. The Morgan fingerprint density at radius 3 is 3.06 bits per heavy atom. The smallest absolute Gasteiger partial charge is 0.231 e. The molecule has 1 aliphatic rings. The summed E-state index contributed by atoms with van der Waals surface area (Å²) in [6, 6.07) is 4.19. The molecule has 0 aromatic heterocycles. The van der Waals surface area contributed by atoms with Crippen molar-refractivity contribution in [3.63, 3.8) is 0 Å². The van der Waals surface area contributed by atoms with E-state index in [2.05, 4.69) is 18.2 Å². The zero-order valence-corrected chi connectivity index (χ0v) is 10.7. The van der Waals surface area contributed by atoms with Gasteiger partial charge >= 0.3 is 0 Å². The fourth-order valence-electron chi connectivity index (χ4n) is 1.83. The van der Waals surface area contributed by atoms with Gasteiger partial charge in [0.05, 0.1) is 7.11 Å². The van der Waals surface area contributed by atoms with Gasteiger partial charge in [0.15, 0.2) is 11.5 Å². The average Bonchev–Trinajstić information content (AvgIpc) is 2.83. The summed E-state index contributed by atoms with van der Waals surface area (Å²) in [4.78, 5) is 0. The fraction of sp³-hybridized carbons (Fsp3) is 0.429. The predicted octanol–water partition coefficient (Wildman–Crippen LogP) is 1.93. The molecule has 0 bridgehead atoms. The Labute approximate surface area is 107 Å². The van der Waals surface area contributed by atoms with Gasteiger partial charge in [-0.1, -0.05) is 0 Å². The van der Waals surface area contributed by atoms with Crippen LogP contribution in [0.4, 0.5) is 0 Å². The Morgan fingerprint density at radius 2 is 2.33 bits per heavy atom. The Kier molecular flexibility index (Phi) is 3.96. The summed E-state index contributed by atoms with van der Waals surface area (Å²) in [5.74, 6) is 4.75. The number of nitrogens with one attached hydrogen (secondary N) is 1. The first kappa shape index (κ1) is 12.6. The lowest BCUT2D eigenvalue weighted by Gasteiger charge is -2.12. The zero-order valence-electron chi connectivity index (χ0n) is 10.7. The van der Waals surface area contributed by atoms with E-state index in [9.17, 15) is 0 Å². The second kappa shape index (κ2) is 5.65. The third-order valence-electron chi connectivity index (χ3n) is 2.80. The molecular weight excluding hydrogens is 230 g/mol. The van der Waals surface area contributed by atoms with E-state index in [1.54, 1.807) is 7.11 Å². The van der Waals surface area contributed by atoms with E-state index in [0.29, 0.717) is 17.9 Å². The van der Waals surface area contributed by atoms with Crippen molar-refractivity contribution in [3.8, 4) is 29.6 Å². The molecule has 0 radical (unpaired) electrons. The van der Waals surface area contributed by atoms with Crippen molar-refractivity contribution in [2.75, 3.05) is 13.9 Å². The zero-order chi connectivity index (χ0) is 13.0. The molecule has 0 fully saturated rings. The van der Waals surface area contributed by atoms with Crippen LogP contribution >= 0.6 is 0 Å². The normalized spacial score (nSPS) is 14.1. The topological polar surface area (TPSA) is 39.7 Å². The molecule has 0 saturated heterocycles. The standard InChI is InChI=1S/C14H17NO3/c1-4-5-10(2)15-8-11-6-12(16-3)14-13(7-11)17-9-18-14/h1,6-7,10,15H,5,8-9H2,2-3H3. The molecule has 4 heteroatoms. The molecule has 0 aliphatic carbocycles. The molecule has 1 N–H and O–H groups in total. The molecule has 0 saturated carbocycles. The van der Waals surface area contributed by atoms with E-state index in [4.69, 9.17) is 20.6 Å². The Morgan fingerprint density at radius 1 is 1.50 bits per heavy atom. The SMILES string of the molecule is C#CCC(C)NCc1cc(OC)c2c(c1)OCO2. The van der Waals surface area contributed by atoms with E-state index in [0.717, 1.165) is 17.9 Å². The largest absolute Gasteiger partial charge is 0.493 e. The van der Waals surface area contributed by atoms with Crippen LogP contribution in [-0.2, 0) is 6.54 Å². The van der Waals surface area contributed by atoms with Gasteiger partial charge in [0.2, 0.25) is 12.5 Å². The van der Waals surface area contributed by atoms with Crippen molar-refractivity contribution in [3.05, 3.63) is 17.7 Å². The summed E-state index contributed by atoms with van der Waals surface area (Å²) in [5.41, 5.74) is 1.08. The van der Waals surface area contributed by atoms with Gasteiger partial charge in [-0.3, -0.25) is 0 Å². The molecule has 2 rings (SSSR count). The molecular formula is C14H17NO3. The van der Waals surface area contributed by atoms with Crippen LogP contribution in [0, 0.1) is 12.3 Å². The molecule has 1 unspecified atom stereocenters. The van der Waals surface area contributed by atoms with Gasteiger partial charge in [-0.05, 0) is 24.6 Å². The second-order valence-corrected chi connectivity index (χ2v) is 4.22. The molecule has 1 aromatic carbocycles. The molecule has 96 valence electrons. The van der Waals surface area contributed by atoms with Crippen molar-refractivity contribution in [2.24, 2.45) is 0 Å². The number of fused-ring (bicyclic) bond motifs is 1. The maximum atomic E-state index is 5.37. The van der Waals surface area contributed by atoms with Crippen LogP contribution in [0.5, 0.6) is 17.2 Å². The molecule has 1 aromatic rings. The number of hydrogen-bond acceptors (Lipinski definition) is 4. The summed E-state index contributed by atoms with van der Waals surface area (Å²) in [5, 5.41) is 3.35. The van der Waals surface area contributed by atoms with Crippen LogP contribution in [0.25, 0.3) is 0 Å². The minimum Gasteiger partial charge on any atom is -0.493 e. The number of ether oxygens (including phenoxy) is 3. The van der Waals surface area contributed by atoms with Gasteiger partial charge in [-0.25, -0.2) is 0 Å². The van der Waals surface area contributed by atoms with Gasteiger partial charge in [0.1, 0.15) is 0 Å². The second-order valence-electron chi connectivity index (χ2n) is 4.22. The fourth-order valence-corrected chi connectivity index (χ4v) is 1.83. The molecule has 1 heterocycles. The van der Waals surface area contributed by atoms with Crippen molar-refractivity contribution in [1.29, 1.82) is 0 Å². The van der Waals surface area contributed by atoms with Crippen molar-refractivity contribution in [1.82, 2.24) is 5.32 Å². The number of hydrogen-bond donors (Lipinski definition) is 1. The van der Waals surface area contributed by atoms with Gasteiger partial charge in [-0.2, -0.15) is 0 Å². The summed E-state index contributed by atoms with van der Waals surface area (Å²) in [6.45, 7) is 3.02. The lowest BCUT2D eigenvalue weighted by atomic mass is 10.1.